The van der Waals surface area contributed by atoms with E-state index in [1.54, 1.807) is 35.7 Å². The standard InChI is InChI=1S/C24H23N3O4S/c1-15-8-9-17(12-16(15)2)13-27-23(29)22-19(10-11-32-22)26(24(27)30)14-21(28)25-18-6-4-5-7-20(18)31-3/h4-12H,13-14H2,1-3H3,(H,25,28). The number of amides is 1. The topological polar surface area (TPSA) is 82.3 Å². The van der Waals surface area contributed by atoms with Crippen molar-refractivity contribution in [3.8, 4) is 5.75 Å². The molecule has 1 N–H and O–H groups in total. The summed E-state index contributed by atoms with van der Waals surface area (Å²) >= 11 is 1.26. The Balaban J connectivity index is 1.72. The van der Waals surface area contributed by atoms with Crippen LogP contribution in [0.2, 0.25) is 0 Å². The number of ether oxygens (including phenoxy) is 1. The molecule has 0 saturated heterocycles. The van der Waals surface area contributed by atoms with Gasteiger partial charge in [-0.1, -0.05) is 30.3 Å². The number of fused-ring (bicyclic) bond motifs is 1. The first-order valence-electron chi connectivity index (χ1n) is 10.1. The van der Waals surface area contributed by atoms with Crippen molar-refractivity contribution < 1.29 is 9.53 Å². The highest BCUT2D eigenvalue weighted by atomic mass is 32.1. The second-order valence-corrected chi connectivity index (χ2v) is 8.48. The van der Waals surface area contributed by atoms with Crippen molar-refractivity contribution in [2.45, 2.75) is 26.9 Å². The van der Waals surface area contributed by atoms with Crippen molar-refractivity contribution in [1.82, 2.24) is 9.13 Å². The first-order valence-corrected chi connectivity index (χ1v) is 11.0. The van der Waals surface area contributed by atoms with Crippen molar-refractivity contribution in [2.75, 3.05) is 12.4 Å². The minimum atomic E-state index is -0.519. The van der Waals surface area contributed by atoms with Gasteiger partial charge in [-0.15, -0.1) is 11.3 Å². The number of aryl methyl sites for hydroxylation is 2. The molecule has 0 aliphatic carbocycles. The van der Waals surface area contributed by atoms with Crippen molar-refractivity contribution in [3.05, 3.63) is 91.4 Å². The fraction of sp³-hybridized carbons (Fsp3) is 0.208. The number of benzene rings is 2. The quantitative estimate of drug-likeness (QED) is 0.488. The highest BCUT2D eigenvalue weighted by Gasteiger charge is 2.17. The Labute approximate surface area is 188 Å². The zero-order valence-corrected chi connectivity index (χ0v) is 18.9. The molecule has 164 valence electrons. The molecule has 2 aromatic heterocycles. The molecule has 0 bridgehead atoms. The summed E-state index contributed by atoms with van der Waals surface area (Å²) in [5.41, 5.74) is 3.18. The minimum absolute atomic E-state index is 0.140. The van der Waals surface area contributed by atoms with E-state index >= 15 is 0 Å². The lowest BCUT2D eigenvalue weighted by molar-refractivity contribution is -0.116. The Morgan fingerprint density at radius 3 is 2.56 bits per heavy atom. The normalized spacial score (nSPS) is 11.0. The fourth-order valence-electron chi connectivity index (χ4n) is 3.59. The zero-order chi connectivity index (χ0) is 22.8. The van der Waals surface area contributed by atoms with Crippen LogP contribution in [0, 0.1) is 13.8 Å². The molecule has 0 fully saturated rings. The van der Waals surface area contributed by atoms with Gasteiger partial charge in [0, 0.05) is 0 Å². The number of nitrogens with zero attached hydrogens (tertiary/aromatic N) is 2. The second kappa shape index (κ2) is 8.84. The molecule has 8 heteroatoms. The maximum atomic E-state index is 13.3. The van der Waals surface area contributed by atoms with Crippen LogP contribution in [0.3, 0.4) is 0 Å². The maximum Gasteiger partial charge on any atom is 0.332 e. The molecule has 4 aromatic rings. The summed E-state index contributed by atoms with van der Waals surface area (Å²) in [4.78, 5) is 39.1. The second-order valence-electron chi connectivity index (χ2n) is 7.56. The average molecular weight is 450 g/mol. The first-order chi connectivity index (χ1) is 15.4. The van der Waals surface area contributed by atoms with Gasteiger partial charge in [0.25, 0.3) is 5.56 Å². The summed E-state index contributed by atoms with van der Waals surface area (Å²) in [6, 6.07) is 14.6. The molecule has 0 saturated carbocycles. The van der Waals surface area contributed by atoms with Gasteiger partial charge in [-0.3, -0.25) is 18.7 Å². The largest absolute Gasteiger partial charge is 0.495 e. The van der Waals surface area contributed by atoms with E-state index in [2.05, 4.69) is 5.32 Å². The molecule has 0 spiro atoms. The van der Waals surface area contributed by atoms with Crippen molar-refractivity contribution in [3.63, 3.8) is 0 Å². The summed E-state index contributed by atoms with van der Waals surface area (Å²) in [6.45, 7) is 3.92. The van der Waals surface area contributed by atoms with E-state index in [0.29, 0.717) is 21.7 Å². The average Bonchev–Trinajstić information content (AvgIpc) is 3.27. The van der Waals surface area contributed by atoms with E-state index in [1.165, 1.54) is 27.6 Å². The number of hydrogen-bond acceptors (Lipinski definition) is 5. The van der Waals surface area contributed by atoms with Gasteiger partial charge in [0.05, 0.1) is 24.9 Å². The van der Waals surface area contributed by atoms with Crippen molar-refractivity contribution >= 4 is 33.1 Å². The lowest BCUT2D eigenvalue weighted by Crippen LogP contribution is -2.41. The molecule has 7 nitrogen and oxygen atoms in total. The number of carbonyl (C=O) groups is 1. The molecular formula is C24H23N3O4S. The van der Waals surface area contributed by atoms with Crippen LogP contribution in [0.1, 0.15) is 16.7 Å². The Hall–Kier alpha value is -3.65. The number of hydrogen-bond donors (Lipinski definition) is 1. The summed E-state index contributed by atoms with van der Waals surface area (Å²) in [5, 5.41) is 4.53. The molecule has 2 aromatic carbocycles. The molecule has 0 aliphatic heterocycles. The smallest absolute Gasteiger partial charge is 0.332 e. The molecule has 0 unspecified atom stereocenters. The third-order valence-corrected chi connectivity index (χ3v) is 6.32. The van der Waals surface area contributed by atoms with E-state index in [-0.39, 0.29) is 24.6 Å². The number of aromatic nitrogens is 2. The van der Waals surface area contributed by atoms with E-state index in [0.717, 1.165) is 16.7 Å². The van der Waals surface area contributed by atoms with Crippen LogP contribution < -0.4 is 21.3 Å². The number of carbonyl (C=O) groups excluding carboxylic acids is 1. The number of anilines is 1. The van der Waals surface area contributed by atoms with Gasteiger partial charge in [0.2, 0.25) is 5.91 Å². The van der Waals surface area contributed by atoms with Gasteiger partial charge < -0.3 is 10.1 Å². The lowest BCUT2D eigenvalue weighted by atomic mass is 10.1. The minimum Gasteiger partial charge on any atom is -0.495 e. The summed E-state index contributed by atoms with van der Waals surface area (Å²) in [7, 11) is 1.52. The van der Waals surface area contributed by atoms with Crippen LogP contribution in [-0.4, -0.2) is 22.2 Å². The molecule has 0 atom stereocenters. The van der Waals surface area contributed by atoms with E-state index in [1.807, 2.05) is 32.0 Å². The number of methoxy groups -OCH3 is 1. The Bertz CT molecular complexity index is 1430. The number of rotatable bonds is 6. The molecule has 2 heterocycles. The number of nitrogens with one attached hydrogen (secondary N) is 1. The third-order valence-electron chi connectivity index (χ3n) is 5.43. The fourth-order valence-corrected chi connectivity index (χ4v) is 4.43. The Kier molecular flexibility index (Phi) is 5.96. The van der Waals surface area contributed by atoms with Crippen LogP contribution in [0.4, 0.5) is 5.69 Å². The summed E-state index contributed by atoms with van der Waals surface area (Å²) < 4.78 is 8.25. The van der Waals surface area contributed by atoms with Crippen LogP contribution in [0.25, 0.3) is 10.2 Å². The van der Waals surface area contributed by atoms with E-state index in [4.69, 9.17) is 4.74 Å². The monoisotopic (exact) mass is 449 g/mol. The van der Waals surface area contributed by atoms with E-state index in [9.17, 15) is 14.4 Å². The number of thiophene rings is 1. The molecule has 0 aliphatic rings. The van der Waals surface area contributed by atoms with Crippen LogP contribution in [0.15, 0.2) is 63.5 Å². The lowest BCUT2D eigenvalue weighted by Gasteiger charge is -2.14. The predicted octanol–water partition coefficient (Wildman–Crippen LogP) is 3.54. The first kappa shape index (κ1) is 21.6. The Morgan fingerprint density at radius 1 is 1.03 bits per heavy atom. The van der Waals surface area contributed by atoms with E-state index < -0.39 is 5.69 Å². The molecule has 1 amide bonds. The van der Waals surface area contributed by atoms with Gasteiger partial charge in [-0.25, -0.2) is 4.79 Å². The molecule has 32 heavy (non-hydrogen) atoms. The van der Waals surface area contributed by atoms with Gasteiger partial charge >= 0.3 is 5.69 Å². The maximum absolute atomic E-state index is 13.3. The third kappa shape index (κ3) is 4.09. The Morgan fingerprint density at radius 2 is 1.81 bits per heavy atom. The highest BCUT2D eigenvalue weighted by Crippen LogP contribution is 2.23. The van der Waals surface area contributed by atoms with Gasteiger partial charge in [0.15, 0.2) is 0 Å². The number of para-hydroxylation sites is 2. The van der Waals surface area contributed by atoms with Crippen LogP contribution >= 0.6 is 11.3 Å². The molecular weight excluding hydrogens is 426 g/mol. The van der Waals surface area contributed by atoms with Crippen LogP contribution in [0.5, 0.6) is 5.75 Å². The van der Waals surface area contributed by atoms with Crippen molar-refractivity contribution in [2.24, 2.45) is 0 Å². The zero-order valence-electron chi connectivity index (χ0n) is 18.0. The summed E-state index contributed by atoms with van der Waals surface area (Å²) in [5.74, 6) is 0.133. The molecule has 4 rings (SSSR count). The van der Waals surface area contributed by atoms with Gasteiger partial charge in [0.1, 0.15) is 17.0 Å². The van der Waals surface area contributed by atoms with Crippen molar-refractivity contribution in [1.29, 1.82) is 0 Å². The summed E-state index contributed by atoms with van der Waals surface area (Å²) in [6.07, 6.45) is 0. The van der Waals surface area contributed by atoms with Gasteiger partial charge in [-0.05, 0) is 54.1 Å². The predicted molar refractivity (Wildman–Crippen MR) is 127 cm³/mol. The SMILES string of the molecule is COc1ccccc1NC(=O)Cn1c(=O)n(Cc2ccc(C)c(C)c2)c(=O)c2sccc21. The highest BCUT2D eigenvalue weighted by molar-refractivity contribution is 7.17. The van der Waals surface area contributed by atoms with Crippen LogP contribution in [-0.2, 0) is 17.9 Å². The molecule has 0 radical (unpaired) electrons. The van der Waals surface area contributed by atoms with Gasteiger partial charge in [-0.2, -0.15) is 0 Å².